The molecule has 0 amide bonds. The second-order valence-electron chi connectivity index (χ2n) is 21.1. The van der Waals surface area contributed by atoms with E-state index >= 15 is 0 Å². The fourth-order valence-electron chi connectivity index (χ4n) is 12.5. The lowest BCUT2D eigenvalue weighted by Gasteiger charge is -2.16. The van der Waals surface area contributed by atoms with Crippen LogP contribution in [0.15, 0.2) is 296 Å². The van der Waals surface area contributed by atoms with E-state index in [2.05, 4.69) is 226 Å². The molecular formula is C76H48N6O. The van der Waals surface area contributed by atoms with Gasteiger partial charge in [0.1, 0.15) is 0 Å². The third kappa shape index (κ3) is 7.97. The van der Waals surface area contributed by atoms with Crippen molar-refractivity contribution in [2.45, 2.75) is 0 Å². The van der Waals surface area contributed by atoms with E-state index < -0.39 is 0 Å². The minimum absolute atomic E-state index is 0.0111. The van der Waals surface area contributed by atoms with Gasteiger partial charge in [-0.3, -0.25) is 9.36 Å². The SMILES string of the molecule is O=c1c2ccccc2c2ccccc2n(-c2ccccc2)c2cc(-c3ccc(-c4nc(-c5ccccc5)nc(-n5c6ccccc6c6cc(-c7ccc8c(c7)c7ccccc7n8-c7ccccc7)ccc65)n4)cc3)ccc2c2ccccc12. The zero-order valence-corrected chi connectivity index (χ0v) is 44.8. The van der Waals surface area contributed by atoms with Gasteiger partial charge in [0.25, 0.3) is 0 Å². The second-order valence-corrected chi connectivity index (χ2v) is 21.1. The summed E-state index contributed by atoms with van der Waals surface area (Å²) in [7, 11) is 0. The summed E-state index contributed by atoms with van der Waals surface area (Å²) >= 11 is 0. The quantitative estimate of drug-likeness (QED) is 0.159. The van der Waals surface area contributed by atoms with Crippen LogP contribution in [-0.4, -0.2) is 28.7 Å². The van der Waals surface area contributed by atoms with E-state index in [-0.39, 0.29) is 5.43 Å². The second kappa shape index (κ2) is 19.5. The fourth-order valence-corrected chi connectivity index (χ4v) is 12.5. The molecule has 0 saturated carbocycles. The fraction of sp³-hybridized carbons (Fsp3) is 0. The minimum atomic E-state index is -0.0111. The molecule has 4 aromatic heterocycles. The number of nitrogens with zero attached hydrogens (tertiary/aromatic N) is 6. The Morgan fingerprint density at radius 2 is 0.554 bits per heavy atom. The maximum Gasteiger partial charge on any atom is 0.238 e. The summed E-state index contributed by atoms with van der Waals surface area (Å²) in [6.07, 6.45) is 0. The van der Waals surface area contributed by atoms with Crippen molar-refractivity contribution in [1.29, 1.82) is 0 Å². The lowest BCUT2D eigenvalue weighted by Crippen LogP contribution is -2.06. The van der Waals surface area contributed by atoms with Crippen molar-refractivity contribution in [3.63, 3.8) is 0 Å². The van der Waals surface area contributed by atoms with Gasteiger partial charge in [0, 0.05) is 65.6 Å². The van der Waals surface area contributed by atoms with Crippen LogP contribution in [0.4, 0.5) is 0 Å². The van der Waals surface area contributed by atoms with Gasteiger partial charge in [0.15, 0.2) is 17.1 Å². The summed E-state index contributed by atoms with van der Waals surface area (Å²) in [6.45, 7) is 0. The smallest absolute Gasteiger partial charge is 0.238 e. The van der Waals surface area contributed by atoms with Crippen LogP contribution in [0, 0.1) is 0 Å². The molecule has 12 aromatic carbocycles. The zero-order valence-electron chi connectivity index (χ0n) is 44.8. The van der Waals surface area contributed by atoms with E-state index in [1.807, 2.05) is 78.9 Å². The summed E-state index contributed by atoms with van der Waals surface area (Å²) in [5.41, 5.74) is 14.4. The van der Waals surface area contributed by atoms with Gasteiger partial charge in [-0.2, -0.15) is 9.97 Å². The maximum atomic E-state index is 14.8. The molecule has 0 aliphatic carbocycles. The molecule has 7 heteroatoms. The summed E-state index contributed by atoms with van der Waals surface area (Å²) in [5.74, 6) is 1.67. The van der Waals surface area contributed by atoms with E-state index in [0.717, 1.165) is 99.1 Å². The molecule has 16 aromatic rings. The van der Waals surface area contributed by atoms with Crippen LogP contribution in [0.1, 0.15) is 0 Å². The first-order valence-corrected chi connectivity index (χ1v) is 28.0. The molecule has 7 nitrogen and oxygen atoms in total. The summed E-state index contributed by atoms with van der Waals surface area (Å²) in [5, 5.41) is 9.63. The van der Waals surface area contributed by atoms with Gasteiger partial charge in [-0.25, -0.2) is 4.98 Å². The molecule has 0 bridgehead atoms. The first kappa shape index (κ1) is 47.7. The van der Waals surface area contributed by atoms with Crippen molar-refractivity contribution in [3.05, 3.63) is 301 Å². The molecule has 0 spiro atoms. The molecule has 388 valence electrons. The Morgan fingerprint density at radius 1 is 0.217 bits per heavy atom. The van der Waals surface area contributed by atoms with Crippen LogP contribution >= 0.6 is 0 Å². The molecule has 83 heavy (non-hydrogen) atoms. The van der Waals surface area contributed by atoms with Gasteiger partial charge in [-0.1, -0.05) is 218 Å². The number of para-hydroxylation sites is 5. The Kier molecular flexibility index (Phi) is 11.2. The summed E-state index contributed by atoms with van der Waals surface area (Å²) in [6, 6.07) is 101. The standard InChI is InChI=1S/C76H48N6O/c83-73-63-31-12-10-26-57(63)59-28-14-17-33-67(59)81(56-24-8-3-9-25-56)72-48-54(40-43-62(72)58-27-11-13-32-64(58)73)49-36-38-51(39-37-49)75-77-74(50-20-4-1-5-21-50)78-76(79-75)82-69-35-19-16-30-61(69)66-47-53(42-45-71(66)82)52-41-44-70-65(46-52)60-29-15-18-34-68(60)80(70)55-22-6-2-7-23-55/h1-48H. The maximum absolute atomic E-state index is 14.8. The Hall–Kier alpha value is -11.3. The lowest BCUT2D eigenvalue weighted by molar-refractivity contribution is 0.953. The van der Waals surface area contributed by atoms with Gasteiger partial charge < -0.3 is 9.13 Å². The van der Waals surface area contributed by atoms with Crippen molar-refractivity contribution >= 4 is 87.0 Å². The third-order valence-corrected chi connectivity index (χ3v) is 16.3. The topological polar surface area (TPSA) is 70.5 Å². The molecule has 0 saturated heterocycles. The highest BCUT2D eigenvalue weighted by Crippen LogP contribution is 2.40. The van der Waals surface area contributed by atoms with E-state index in [0.29, 0.717) is 28.4 Å². The molecule has 0 aliphatic heterocycles. The average Bonchev–Trinajstić information content (AvgIpc) is 2.56. The van der Waals surface area contributed by atoms with Crippen LogP contribution in [0.2, 0.25) is 0 Å². The monoisotopic (exact) mass is 1060 g/mol. The minimum Gasteiger partial charge on any atom is -0.309 e. The van der Waals surface area contributed by atoms with E-state index in [4.69, 9.17) is 15.0 Å². The first-order chi connectivity index (χ1) is 41.1. The Labute approximate surface area is 476 Å². The van der Waals surface area contributed by atoms with Gasteiger partial charge in [0.2, 0.25) is 5.95 Å². The number of fused-ring (bicyclic) bond motifs is 12. The van der Waals surface area contributed by atoms with Crippen molar-refractivity contribution in [2.24, 2.45) is 0 Å². The summed E-state index contributed by atoms with van der Waals surface area (Å²) in [4.78, 5) is 30.6. The van der Waals surface area contributed by atoms with Crippen LogP contribution in [-0.2, 0) is 0 Å². The van der Waals surface area contributed by atoms with Crippen LogP contribution in [0.3, 0.4) is 0 Å². The molecule has 4 heterocycles. The van der Waals surface area contributed by atoms with Crippen molar-refractivity contribution in [1.82, 2.24) is 28.7 Å². The van der Waals surface area contributed by atoms with Gasteiger partial charge in [-0.15, -0.1) is 0 Å². The molecule has 0 N–H and O–H groups in total. The molecular weight excluding hydrogens is 1010 g/mol. The van der Waals surface area contributed by atoms with Crippen molar-refractivity contribution in [3.8, 4) is 62.4 Å². The first-order valence-electron chi connectivity index (χ1n) is 28.0. The summed E-state index contributed by atoms with van der Waals surface area (Å²) < 4.78 is 6.87. The molecule has 0 atom stereocenters. The Balaban J connectivity index is 0.848. The Morgan fingerprint density at radius 3 is 1.08 bits per heavy atom. The van der Waals surface area contributed by atoms with Crippen molar-refractivity contribution in [2.75, 3.05) is 0 Å². The molecule has 0 fully saturated rings. The van der Waals surface area contributed by atoms with Crippen molar-refractivity contribution < 1.29 is 0 Å². The molecule has 0 radical (unpaired) electrons. The number of hydrogen-bond donors (Lipinski definition) is 0. The predicted molar refractivity (Wildman–Crippen MR) is 343 cm³/mol. The van der Waals surface area contributed by atoms with Gasteiger partial charge in [0.05, 0.1) is 33.1 Å². The van der Waals surface area contributed by atoms with Crippen LogP contribution < -0.4 is 5.43 Å². The number of rotatable bonds is 7. The molecule has 0 unspecified atom stereocenters. The number of hydrogen-bond acceptors (Lipinski definition) is 4. The third-order valence-electron chi connectivity index (χ3n) is 16.3. The van der Waals surface area contributed by atoms with E-state index in [9.17, 15) is 4.79 Å². The zero-order chi connectivity index (χ0) is 55.0. The highest BCUT2D eigenvalue weighted by Gasteiger charge is 2.20. The number of aromatic nitrogens is 6. The van der Waals surface area contributed by atoms with E-state index in [1.165, 1.54) is 21.8 Å². The van der Waals surface area contributed by atoms with Crippen LogP contribution in [0.5, 0.6) is 0 Å². The highest BCUT2D eigenvalue weighted by molar-refractivity contribution is 6.14. The van der Waals surface area contributed by atoms with E-state index in [1.54, 1.807) is 0 Å². The van der Waals surface area contributed by atoms with Gasteiger partial charge in [-0.05, 0) is 106 Å². The highest BCUT2D eigenvalue weighted by atomic mass is 16.1. The van der Waals surface area contributed by atoms with Gasteiger partial charge >= 0.3 is 0 Å². The number of benzene rings is 12. The Bertz CT molecular complexity index is 5400. The average molecular weight is 1060 g/mol. The normalized spacial score (nSPS) is 11.7. The predicted octanol–water partition coefficient (Wildman–Crippen LogP) is 18.6. The lowest BCUT2D eigenvalue weighted by atomic mass is 9.98. The molecule has 16 rings (SSSR count). The molecule has 0 aliphatic rings. The largest absolute Gasteiger partial charge is 0.309 e. The van der Waals surface area contributed by atoms with Crippen LogP contribution in [0.25, 0.3) is 149 Å².